The SMILES string of the molecule is CN(C)C(=O)C[NH+](C)CC(=O)N[C@](C)(C#N)C1CC1. The van der Waals surface area contributed by atoms with Crippen molar-refractivity contribution in [3.8, 4) is 6.07 Å². The van der Waals surface area contributed by atoms with E-state index >= 15 is 0 Å². The summed E-state index contributed by atoms with van der Waals surface area (Å²) in [6.45, 7) is 2.24. The number of likely N-dealkylation sites (N-methyl/N-ethyl adjacent to an activating group) is 2. The fraction of sp³-hybridized carbons (Fsp3) is 0.769. The van der Waals surface area contributed by atoms with Gasteiger partial charge in [-0.25, -0.2) is 0 Å². The number of hydrogen-bond donors (Lipinski definition) is 2. The van der Waals surface area contributed by atoms with Crippen LogP contribution < -0.4 is 10.2 Å². The molecule has 2 atom stereocenters. The zero-order valence-electron chi connectivity index (χ0n) is 12.1. The Morgan fingerprint density at radius 2 is 2.00 bits per heavy atom. The summed E-state index contributed by atoms with van der Waals surface area (Å²) in [5.74, 6) is 0.0701. The maximum Gasteiger partial charge on any atom is 0.277 e. The molecule has 0 heterocycles. The molecule has 1 rings (SSSR count). The molecule has 1 unspecified atom stereocenters. The van der Waals surface area contributed by atoms with Gasteiger partial charge in [-0.2, -0.15) is 5.26 Å². The summed E-state index contributed by atoms with van der Waals surface area (Å²) in [5, 5.41) is 12.0. The van der Waals surface area contributed by atoms with E-state index in [0.29, 0.717) is 0 Å². The highest BCUT2D eigenvalue weighted by Crippen LogP contribution is 2.38. The lowest BCUT2D eigenvalue weighted by atomic mass is 9.98. The molecule has 0 aliphatic heterocycles. The van der Waals surface area contributed by atoms with Crippen LogP contribution in [-0.4, -0.2) is 56.5 Å². The van der Waals surface area contributed by atoms with E-state index in [9.17, 15) is 9.59 Å². The molecule has 1 fully saturated rings. The number of carbonyl (C=O) groups excluding carboxylic acids is 2. The summed E-state index contributed by atoms with van der Waals surface area (Å²) in [6, 6.07) is 2.19. The molecule has 0 aromatic heterocycles. The van der Waals surface area contributed by atoms with Gasteiger partial charge in [0.1, 0.15) is 5.54 Å². The van der Waals surface area contributed by atoms with Gasteiger partial charge in [0.2, 0.25) is 0 Å². The molecule has 106 valence electrons. The molecule has 2 N–H and O–H groups in total. The lowest BCUT2D eigenvalue weighted by molar-refractivity contribution is -0.863. The van der Waals surface area contributed by atoms with E-state index in [0.717, 1.165) is 17.7 Å². The Morgan fingerprint density at radius 1 is 1.42 bits per heavy atom. The molecule has 1 saturated carbocycles. The van der Waals surface area contributed by atoms with Gasteiger partial charge in [0.15, 0.2) is 13.1 Å². The van der Waals surface area contributed by atoms with Crippen LogP contribution in [0, 0.1) is 17.2 Å². The highest BCUT2D eigenvalue weighted by molar-refractivity contribution is 5.79. The molecule has 1 aliphatic rings. The second kappa shape index (κ2) is 6.02. The van der Waals surface area contributed by atoms with Gasteiger partial charge in [-0.1, -0.05) is 0 Å². The van der Waals surface area contributed by atoms with Crippen molar-refractivity contribution in [2.75, 3.05) is 34.2 Å². The monoisotopic (exact) mass is 267 g/mol. The summed E-state index contributed by atoms with van der Waals surface area (Å²) >= 11 is 0. The van der Waals surface area contributed by atoms with Crippen LogP contribution in [0.2, 0.25) is 0 Å². The molecule has 19 heavy (non-hydrogen) atoms. The van der Waals surface area contributed by atoms with Crippen LogP contribution in [0.3, 0.4) is 0 Å². The van der Waals surface area contributed by atoms with Crippen LogP contribution in [0.15, 0.2) is 0 Å². The van der Waals surface area contributed by atoms with Crippen molar-refractivity contribution in [2.45, 2.75) is 25.3 Å². The van der Waals surface area contributed by atoms with Gasteiger partial charge in [-0.15, -0.1) is 0 Å². The average Bonchev–Trinajstić information content (AvgIpc) is 3.11. The third-order valence-electron chi connectivity index (χ3n) is 3.44. The molecule has 0 aromatic carbocycles. The minimum Gasteiger partial charge on any atom is -0.344 e. The van der Waals surface area contributed by atoms with Gasteiger partial charge in [0, 0.05) is 14.1 Å². The quantitative estimate of drug-likeness (QED) is 0.608. The van der Waals surface area contributed by atoms with Crippen molar-refractivity contribution < 1.29 is 14.5 Å². The first-order valence-corrected chi connectivity index (χ1v) is 6.52. The topological polar surface area (TPSA) is 77.6 Å². The zero-order valence-corrected chi connectivity index (χ0v) is 12.1. The largest absolute Gasteiger partial charge is 0.344 e. The summed E-state index contributed by atoms with van der Waals surface area (Å²) in [5.41, 5.74) is -0.761. The Labute approximate surface area is 114 Å². The smallest absolute Gasteiger partial charge is 0.277 e. The van der Waals surface area contributed by atoms with Gasteiger partial charge in [-0.3, -0.25) is 9.59 Å². The number of rotatable bonds is 6. The Morgan fingerprint density at radius 3 is 2.42 bits per heavy atom. The predicted octanol–water partition coefficient (Wildman–Crippen LogP) is -1.60. The molecule has 0 radical (unpaired) electrons. The van der Waals surface area contributed by atoms with Crippen molar-refractivity contribution in [3.05, 3.63) is 0 Å². The van der Waals surface area contributed by atoms with Gasteiger partial charge in [0.05, 0.1) is 13.1 Å². The fourth-order valence-corrected chi connectivity index (χ4v) is 1.97. The maximum absolute atomic E-state index is 11.9. The number of carbonyl (C=O) groups is 2. The molecule has 1 aliphatic carbocycles. The molecule has 0 aromatic rings. The Bertz CT molecular complexity index is 398. The molecule has 0 saturated heterocycles. The maximum atomic E-state index is 11.9. The van der Waals surface area contributed by atoms with Gasteiger partial charge in [-0.05, 0) is 25.7 Å². The first-order valence-electron chi connectivity index (χ1n) is 6.52. The molecule has 6 heteroatoms. The van der Waals surface area contributed by atoms with Crippen molar-refractivity contribution in [1.82, 2.24) is 10.2 Å². The molecule has 0 bridgehead atoms. The lowest BCUT2D eigenvalue weighted by Gasteiger charge is -2.24. The molecular weight excluding hydrogens is 244 g/mol. The normalized spacial score (nSPS) is 18.9. The summed E-state index contributed by atoms with van der Waals surface area (Å²) < 4.78 is 0. The van der Waals surface area contributed by atoms with E-state index in [1.54, 1.807) is 28.1 Å². The van der Waals surface area contributed by atoms with E-state index in [2.05, 4.69) is 11.4 Å². The Hall–Kier alpha value is -1.61. The number of nitriles is 1. The second-order valence-corrected chi connectivity index (χ2v) is 5.74. The number of hydrogen-bond acceptors (Lipinski definition) is 3. The number of nitrogens with zero attached hydrogens (tertiary/aromatic N) is 2. The van der Waals surface area contributed by atoms with Crippen molar-refractivity contribution in [2.24, 2.45) is 5.92 Å². The van der Waals surface area contributed by atoms with Gasteiger partial charge in [0.25, 0.3) is 11.8 Å². The molecule has 6 nitrogen and oxygen atoms in total. The fourth-order valence-electron chi connectivity index (χ4n) is 1.97. The lowest BCUT2D eigenvalue weighted by Crippen LogP contribution is -3.11. The Balaban J connectivity index is 2.42. The van der Waals surface area contributed by atoms with Crippen molar-refractivity contribution >= 4 is 11.8 Å². The third-order valence-corrected chi connectivity index (χ3v) is 3.44. The molecule has 0 spiro atoms. The van der Waals surface area contributed by atoms with E-state index < -0.39 is 5.54 Å². The average molecular weight is 267 g/mol. The van der Waals surface area contributed by atoms with E-state index in [-0.39, 0.29) is 30.8 Å². The van der Waals surface area contributed by atoms with Crippen LogP contribution in [0.25, 0.3) is 0 Å². The van der Waals surface area contributed by atoms with Crippen LogP contribution in [0.1, 0.15) is 19.8 Å². The van der Waals surface area contributed by atoms with Crippen LogP contribution in [0.5, 0.6) is 0 Å². The number of amides is 2. The first-order chi connectivity index (χ1) is 8.78. The standard InChI is InChI=1S/C13H22N4O2/c1-13(9-14,10-5-6-10)15-11(18)7-17(4)8-12(19)16(2)3/h10H,5-8H2,1-4H3,(H,15,18)/p+1/t13-/m1/s1. The van der Waals surface area contributed by atoms with Crippen LogP contribution in [0.4, 0.5) is 0 Å². The van der Waals surface area contributed by atoms with E-state index in [1.165, 1.54) is 4.90 Å². The summed E-state index contributed by atoms with van der Waals surface area (Å²) in [7, 11) is 5.17. The van der Waals surface area contributed by atoms with Gasteiger partial charge < -0.3 is 15.1 Å². The van der Waals surface area contributed by atoms with E-state index in [4.69, 9.17) is 5.26 Å². The minimum absolute atomic E-state index is 0.0180. The zero-order chi connectivity index (χ0) is 14.6. The second-order valence-electron chi connectivity index (χ2n) is 5.74. The van der Waals surface area contributed by atoms with E-state index in [1.807, 2.05) is 0 Å². The molecular formula is C13H23N4O2+. The van der Waals surface area contributed by atoms with Crippen LogP contribution >= 0.6 is 0 Å². The number of quaternary nitrogens is 1. The summed E-state index contributed by atoms with van der Waals surface area (Å²) in [6.07, 6.45) is 1.98. The summed E-state index contributed by atoms with van der Waals surface area (Å²) in [4.78, 5) is 25.7. The minimum atomic E-state index is -0.761. The molecule has 2 amide bonds. The predicted molar refractivity (Wildman–Crippen MR) is 70.2 cm³/mol. The first kappa shape index (κ1) is 15.4. The van der Waals surface area contributed by atoms with Gasteiger partial charge >= 0.3 is 0 Å². The van der Waals surface area contributed by atoms with Crippen molar-refractivity contribution in [1.29, 1.82) is 5.26 Å². The number of nitrogens with one attached hydrogen (secondary N) is 2. The van der Waals surface area contributed by atoms with Crippen LogP contribution in [-0.2, 0) is 9.59 Å². The Kier molecular flexibility index (Phi) is 4.90. The van der Waals surface area contributed by atoms with Crippen molar-refractivity contribution in [3.63, 3.8) is 0 Å². The third kappa shape index (κ3) is 4.52. The highest BCUT2D eigenvalue weighted by Gasteiger charge is 2.43. The highest BCUT2D eigenvalue weighted by atomic mass is 16.2.